The summed E-state index contributed by atoms with van der Waals surface area (Å²) in [6, 6.07) is 17.4. The second-order valence-electron chi connectivity index (χ2n) is 5.14. The number of hydrogen-bond donors (Lipinski definition) is 0. The fourth-order valence-electron chi connectivity index (χ4n) is 2.49. The lowest BCUT2D eigenvalue weighted by atomic mass is 10.0. The lowest BCUT2D eigenvalue weighted by molar-refractivity contribution is -0.659. The zero-order valence-electron chi connectivity index (χ0n) is 15.2. The lowest BCUT2D eigenvalue weighted by Crippen LogP contribution is -2.30. The van der Waals surface area contributed by atoms with E-state index in [2.05, 4.69) is 24.0 Å². The molecule has 1 aromatic carbocycles. The van der Waals surface area contributed by atoms with Gasteiger partial charge < -0.3 is 0 Å². The minimum Gasteiger partial charge on any atom is -0.253 e. The van der Waals surface area contributed by atoms with Crippen LogP contribution >= 0.6 is 0 Å². The van der Waals surface area contributed by atoms with Gasteiger partial charge in [0.15, 0.2) is 6.20 Å². The van der Waals surface area contributed by atoms with Gasteiger partial charge >= 0.3 is 0 Å². The molecule has 3 aromatic rings. The maximum absolute atomic E-state index is 7.51. The van der Waals surface area contributed by atoms with Gasteiger partial charge in [-0.25, -0.2) is 4.57 Å². The Kier molecular flexibility index (Phi) is 2.68. The maximum atomic E-state index is 7.51. The SMILES string of the molecule is [2H]C([2H])([2H])c1cccc(-c2ccc(-c3ccccc3C)[n+](C)c2)n1. The zero-order valence-corrected chi connectivity index (χ0v) is 12.2. The second kappa shape index (κ2) is 5.49. The van der Waals surface area contributed by atoms with Gasteiger partial charge in [-0.05, 0) is 43.6 Å². The third-order valence-corrected chi connectivity index (χ3v) is 3.60. The summed E-state index contributed by atoms with van der Waals surface area (Å²) in [6.45, 7) is -0.107. The van der Waals surface area contributed by atoms with E-state index in [-0.39, 0.29) is 5.69 Å². The molecule has 0 aliphatic heterocycles. The second-order valence-corrected chi connectivity index (χ2v) is 5.14. The Balaban J connectivity index is 2.04. The summed E-state index contributed by atoms with van der Waals surface area (Å²) in [7, 11) is 1.99. The van der Waals surface area contributed by atoms with Gasteiger partial charge in [0.2, 0.25) is 5.69 Å². The standard InChI is InChI=1S/C19H19N2/c1-14-7-4-5-9-17(14)19-12-11-16(13-21(19)3)18-10-6-8-15(2)20-18/h4-13H,1-3H3/q+1/i2D3. The lowest BCUT2D eigenvalue weighted by Gasteiger charge is -2.06. The smallest absolute Gasteiger partial charge is 0.212 e. The number of nitrogens with zero attached hydrogens (tertiary/aromatic N) is 2. The van der Waals surface area contributed by atoms with Gasteiger partial charge in [0, 0.05) is 21.4 Å². The predicted molar refractivity (Wildman–Crippen MR) is 85.8 cm³/mol. The first kappa shape index (κ1) is 10.3. The Bertz CT molecular complexity index is 886. The summed E-state index contributed by atoms with van der Waals surface area (Å²) >= 11 is 0. The molecule has 0 radical (unpaired) electrons. The van der Waals surface area contributed by atoms with Crippen LogP contribution in [0.5, 0.6) is 0 Å². The van der Waals surface area contributed by atoms with Crippen LogP contribution in [0.2, 0.25) is 0 Å². The predicted octanol–water partition coefficient (Wildman–Crippen LogP) is 3.86. The van der Waals surface area contributed by atoms with Gasteiger partial charge in [0.1, 0.15) is 7.05 Å². The van der Waals surface area contributed by atoms with E-state index in [1.54, 1.807) is 6.07 Å². The molecule has 0 aliphatic rings. The summed E-state index contributed by atoms with van der Waals surface area (Å²) in [6.07, 6.45) is 1.98. The summed E-state index contributed by atoms with van der Waals surface area (Å²) in [5.41, 5.74) is 5.16. The number of hydrogen-bond acceptors (Lipinski definition) is 1. The minimum absolute atomic E-state index is 0.116. The van der Waals surface area contributed by atoms with Gasteiger partial charge in [-0.3, -0.25) is 4.98 Å². The van der Waals surface area contributed by atoms with Crippen LogP contribution in [0.4, 0.5) is 0 Å². The average molecular weight is 278 g/mol. The molecule has 0 amide bonds. The number of aromatic nitrogens is 2. The van der Waals surface area contributed by atoms with Crippen LogP contribution in [0, 0.1) is 13.8 Å². The Hall–Kier alpha value is -2.48. The molecule has 2 aromatic heterocycles. The normalized spacial score (nSPS) is 13.3. The van der Waals surface area contributed by atoms with Crippen LogP contribution in [-0.2, 0) is 7.05 Å². The van der Waals surface area contributed by atoms with E-state index < -0.39 is 6.85 Å². The van der Waals surface area contributed by atoms with Crippen LogP contribution in [-0.4, -0.2) is 4.98 Å². The fraction of sp³-hybridized carbons (Fsp3) is 0.158. The van der Waals surface area contributed by atoms with E-state index >= 15 is 0 Å². The molecule has 0 aliphatic carbocycles. The molecule has 0 saturated heterocycles. The van der Waals surface area contributed by atoms with E-state index in [1.165, 1.54) is 17.2 Å². The fourth-order valence-corrected chi connectivity index (χ4v) is 2.49. The Morgan fingerprint density at radius 3 is 2.62 bits per heavy atom. The Morgan fingerprint density at radius 1 is 1.00 bits per heavy atom. The van der Waals surface area contributed by atoms with Crippen molar-refractivity contribution in [2.45, 2.75) is 13.8 Å². The molecule has 0 fully saturated rings. The van der Waals surface area contributed by atoms with Crippen molar-refractivity contribution in [3.05, 3.63) is 72.1 Å². The van der Waals surface area contributed by atoms with Crippen molar-refractivity contribution in [3.8, 4) is 22.5 Å². The van der Waals surface area contributed by atoms with Crippen molar-refractivity contribution < 1.29 is 8.68 Å². The van der Waals surface area contributed by atoms with Crippen molar-refractivity contribution >= 4 is 0 Å². The molecule has 3 rings (SSSR count). The molecule has 0 atom stereocenters. The van der Waals surface area contributed by atoms with E-state index in [0.717, 1.165) is 11.3 Å². The molecule has 0 unspecified atom stereocenters. The summed E-state index contributed by atoms with van der Waals surface area (Å²) in [4.78, 5) is 4.30. The summed E-state index contributed by atoms with van der Waals surface area (Å²) < 4.78 is 24.6. The average Bonchev–Trinajstić information content (AvgIpc) is 2.55. The summed E-state index contributed by atoms with van der Waals surface area (Å²) in [5, 5.41) is 0. The molecule has 104 valence electrons. The van der Waals surface area contributed by atoms with Crippen molar-refractivity contribution in [2.24, 2.45) is 7.05 Å². The Labute approximate surface area is 130 Å². The molecular formula is C19H19N2+. The van der Waals surface area contributed by atoms with E-state index in [9.17, 15) is 0 Å². The number of pyridine rings is 2. The molecule has 0 bridgehead atoms. The van der Waals surface area contributed by atoms with Gasteiger partial charge in [-0.1, -0.05) is 24.3 Å². The third-order valence-electron chi connectivity index (χ3n) is 3.60. The molecular weight excluding hydrogens is 256 g/mol. The minimum atomic E-state index is -2.20. The van der Waals surface area contributed by atoms with Gasteiger partial charge in [-0.15, -0.1) is 0 Å². The van der Waals surface area contributed by atoms with Gasteiger partial charge in [0.05, 0.1) is 11.3 Å². The molecule has 2 heterocycles. The first-order valence-corrected chi connectivity index (χ1v) is 6.90. The Morgan fingerprint density at radius 2 is 1.86 bits per heavy atom. The van der Waals surface area contributed by atoms with Crippen LogP contribution in [0.15, 0.2) is 60.8 Å². The largest absolute Gasteiger partial charge is 0.253 e. The summed E-state index contributed by atoms with van der Waals surface area (Å²) in [5.74, 6) is 0. The maximum Gasteiger partial charge on any atom is 0.212 e. The molecule has 0 saturated carbocycles. The molecule has 21 heavy (non-hydrogen) atoms. The van der Waals surface area contributed by atoms with Crippen molar-refractivity contribution in [1.29, 1.82) is 0 Å². The highest BCUT2D eigenvalue weighted by molar-refractivity contribution is 5.64. The monoisotopic (exact) mass is 278 g/mol. The number of aryl methyl sites for hydroxylation is 3. The molecule has 2 nitrogen and oxygen atoms in total. The topological polar surface area (TPSA) is 16.8 Å². The highest BCUT2D eigenvalue weighted by atomic mass is 14.9. The quantitative estimate of drug-likeness (QED) is 0.650. The first-order valence-electron chi connectivity index (χ1n) is 8.40. The first-order chi connectivity index (χ1) is 11.4. The molecule has 0 N–H and O–H groups in total. The van der Waals surface area contributed by atoms with E-state index in [0.29, 0.717) is 5.69 Å². The van der Waals surface area contributed by atoms with Crippen molar-refractivity contribution in [2.75, 3.05) is 0 Å². The van der Waals surface area contributed by atoms with E-state index in [4.69, 9.17) is 4.11 Å². The molecule has 2 heteroatoms. The van der Waals surface area contributed by atoms with Crippen LogP contribution < -0.4 is 4.57 Å². The van der Waals surface area contributed by atoms with E-state index in [1.807, 2.05) is 48.1 Å². The highest BCUT2D eigenvalue weighted by Gasteiger charge is 2.13. The van der Waals surface area contributed by atoms with Gasteiger partial charge in [-0.2, -0.15) is 0 Å². The van der Waals surface area contributed by atoms with Gasteiger partial charge in [0.25, 0.3) is 0 Å². The van der Waals surface area contributed by atoms with Crippen LogP contribution in [0.25, 0.3) is 22.5 Å². The third kappa shape index (κ3) is 2.70. The zero-order chi connectivity index (χ0) is 17.3. The van der Waals surface area contributed by atoms with Crippen LogP contribution in [0.1, 0.15) is 15.4 Å². The highest BCUT2D eigenvalue weighted by Crippen LogP contribution is 2.22. The van der Waals surface area contributed by atoms with Crippen molar-refractivity contribution in [1.82, 2.24) is 4.98 Å². The number of benzene rings is 1. The van der Waals surface area contributed by atoms with Crippen molar-refractivity contribution in [3.63, 3.8) is 0 Å². The number of rotatable bonds is 2. The molecule has 0 spiro atoms. The van der Waals surface area contributed by atoms with Crippen LogP contribution in [0.3, 0.4) is 0 Å².